The first-order valence-corrected chi connectivity index (χ1v) is 12.7. The van der Waals surface area contributed by atoms with Gasteiger partial charge in [0, 0.05) is 51.2 Å². The van der Waals surface area contributed by atoms with Crippen molar-refractivity contribution in [3.8, 4) is 0 Å². The Morgan fingerprint density at radius 3 is 1.54 bits per heavy atom. The zero-order chi connectivity index (χ0) is 23.5. The number of nitrogens with zero attached hydrogens (tertiary/aromatic N) is 4. The second-order valence-electron chi connectivity index (χ2n) is 9.01. The van der Waals surface area contributed by atoms with E-state index in [0.717, 1.165) is 43.5 Å². The van der Waals surface area contributed by atoms with Gasteiger partial charge in [0.2, 0.25) is 0 Å². The molecule has 1 aliphatic heterocycles. The summed E-state index contributed by atoms with van der Waals surface area (Å²) in [5, 5.41) is 0. The third-order valence-electron chi connectivity index (χ3n) is 6.32. The molecule has 6 nitrogen and oxygen atoms in total. The number of hydrogen-bond acceptors (Lipinski definition) is 2. The van der Waals surface area contributed by atoms with Crippen molar-refractivity contribution >= 4 is 11.8 Å². The van der Waals surface area contributed by atoms with Crippen LogP contribution in [-0.2, 0) is 13.1 Å². The van der Waals surface area contributed by atoms with Crippen LogP contribution in [0.3, 0.4) is 0 Å². The Kier molecular flexibility index (Phi) is 15.6. The second kappa shape index (κ2) is 17.2. The molecule has 0 radical (unpaired) electrons. The van der Waals surface area contributed by atoms with Gasteiger partial charge < -0.3 is 57.8 Å². The number of amides is 2. The van der Waals surface area contributed by atoms with Crippen molar-refractivity contribution < 1.29 is 66.7 Å². The van der Waals surface area contributed by atoms with Gasteiger partial charge in [-0.3, -0.25) is 9.59 Å². The van der Waals surface area contributed by atoms with E-state index in [2.05, 4.69) is 23.0 Å². The molecule has 2 aromatic heterocycles. The lowest BCUT2D eigenvalue weighted by Crippen LogP contribution is -3.00. The lowest BCUT2D eigenvalue weighted by Gasteiger charge is -2.22. The first kappa shape index (κ1) is 31.7. The number of aromatic nitrogens is 2. The molecule has 3 rings (SSSR count). The highest BCUT2D eigenvalue weighted by Gasteiger charge is 2.25. The zero-order valence-electron chi connectivity index (χ0n) is 21.2. The minimum Gasteiger partial charge on any atom is -1.00 e. The molecule has 1 saturated heterocycles. The van der Waals surface area contributed by atoms with Crippen LogP contribution in [0.15, 0.2) is 49.1 Å². The van der Waals surface area contributed by atoms with Crippen LogP contribution in [-0.4, -0.2) is 47.8 Å². The molecule has 0 spiro atoms. The minimum absolute atomic E-state index is 0. The molecular formula is C27H40I2N4O2. The fourth-order valence-corrected chi connectivity index (χ4v) is 4.35. The molecule has 1 aliphatic rings. The summed E-state index contributed by atoms with van der Waals surface area (Å²) in [7, 11) is 0. The van der Waals surface area contributed by atoms with Gasteiger partial charge in [-0.1, -0.05) is 26.7 Å². The van der Waals surface area contributed by atoms with Gasteiger partial charge in [0.25, 0.3) is 11.8 Å². The first-order chi connectivity index (χ1) is 16.1. The highest BCUT2D eigenvalue weighted by molar-refractivity contribution is 5.95. The van der Waals surface area contributed by atoms with Crippen LogP contribution in [0.2, 0.25) is 0 Å². The molecule has 2 aromatic rings. The van der Waals surface area contributed by atoms with E-state index in [1.807, 2.05) is 58.9 Å². The molecule has 0 bridgehead atoms. The van der Waals surface area contributed by atoms with Crippen molar-refractivity contribution in [1.82, 2.24) is 9.80 Å². The number of hydrogen-bond donors (Lipinski definition) is 0. The number of pyridine rings is 2. The molecule has 35 heavy (non-hydrogen) atoms. The van der Waals surface area contributed by atoms with Gasteiger partial charge in [-0.2, -0.15) is 0 Å². The third-order valence-corrected chi connectivity index (χ3v) is 6.32. The van der Waals surface area contributed by atoms with E-state index in [1.54, 1.807) is 0 Å². The van der Waals surface area contributed by atoms with Gasteiger partial charge in [0.15, 0.2) is 24.8 Å². The molecule has 0 N–H and O–H groups in total. The van der Waals surface area contributed by atoms with Gasteiger partial charge in [0.05, 0.1) is 0 Å². The van der Waals surface area contributed by atoms with Crippen molar-refractivity contribution in [2.75, 3.05) is 26.2 Å². The highest BCUT2D eigenvalue weighted by atomic mass is 127. The lowest BCUT2D eigenvalue weighted by atomic mass is 10.2. The van der Waals surface area contributed by atoms with E-state index in [1.165, 1.54) is 25.7 Å². The Morgan fingerprint density at radius 2 is 1.14 bits per heavy atom. The average Bonchev–Trinajstić information content (AvgIpc) is 3.10. The Morgan fingerprint density at radius 1 is 0.714 bits per heavy atom. The van der Waals surface area contributed by atoms with Crippen molar-refractivity contribution in [1.29, 1.82) is 0 Å². The minimum atomic E-state index is 0. The maximum Gasteiger partial charge on any atom is 0.259 e. The van der Waals surface area contributed by atoms with E-state index in [9.17, 15) is 9.59 Å². The topological polar surface area (TPSA) is 48.4 Å². The Labute approximate surface area is 245 Å². The van der Waals surface area contributed by atoms with Crippen LogP contribution >= 0.6 is 0 Å². The molecule has 0 saturated carbocycles. The number of halogens is 2. The SMILES string of the molecule is CCCCC[n+]1cccc(C(=O)N2CCCN(C(=O)c3ccc[n+](CCCCC)c3)CC2)c1.[I-].[I-]. The van der Waals surface area contributed by atoms with Crippen LogP contribution in [0.25, 0.3) is 0 Å². The Bertz CT molecular complexity index is 852. The van der Waals surface area contributed by atoms with Crippen molar-refractivity contribution in [2.45, 2.75) is 71.9 Å². The molecule has 0 atom stereocenters. The van der Waals surface area contributed by atoms with E-state index >= 15 is 0 Å². The molecule has 8 heteroatoms. The average molecular weight is 706 g/mol. The summed E-state index contributed by atoms with van der Waals surface area (Å²) < 4.78 is 4.23. The predicted octanol–water partition coefficient (Wildman–Crippen LogP) is -2.36. The number of carbonyl (C=O) groups is 2. The van der Waals surface area contributed by atoms with Crippen LogP contribution in [0.1, 0.15) is 79.5 Å². The van der Waals surface area contributed by atoms with Gasteiger partial charge in [0.1, 0.15) is 24.2 Å². The van der Waals surface area contributed by atoms with E-state index in [0.29, 0.717) is 26.2 Å². The Hall–Kier alpha value is -1.30. The molecule has 0 aliphatic carbocycles. The van der Waals surface area contributed by atoms with E-state index in [4.69, 9.17) is 0 Å². The molecule has 0 aromatic carbocycles. The van der Waals surface area contributed by atoms with Crippen LogP contribution in [0, 0.1) is 0 Å². The molecule has 2 amide bonds. The second-order valence-corrected chi connectivity index (χ2v) is 9.01. The summed E-state index contributed by atoms with van der Waals surface area (Å²) in [5.41, 5.74) is 1.45. The summed E-state index contributed by atoms with van der Waals surface area (Å²) in [4.78, 5) is 30.1. The van der Waals surface area contributed by atoms with E-state index < -0.39 is 0 Å². The van der Waals surface area contributed by atoms with Gasteiger partial charge in [-0.15, -0.1) is 0 Å². The van der Waals surface area contributed by atoms with Crippen molar-refractivity contribution in [3.05, 3.63) is 60.2 Å². The fourth-order valence-electron chi connectivity index (χ4n) is 4.35. The zero-order valence-corrected chi connectivity index (χ0v) is 25.5. The molecule has 3 heterocycles. The number of rotatable bonds is 10. The number of carbonyl (C=O) groups excluding carboxylic acids is 2. The van der Waals surface area contributed by atoms with E-state index in [-0.39, 0.29) is 59.8 Å². The monoisotopic (exact) mass is 706 g/mol. The Balaban J connectivity index is 0.00000306. The lowest BCUT2D eigenvalue weighted by molar-refractivity contribution is -0.697. The van der Waals surface area contributed by atoms with Gasteiger partial charge in [-0.05, 0) is 31.4 Å². The highest BCUT2D eigenvalue weighted by Crippen LogP contribution is 2.11. The van der Waals surface area contributed by atoms with Gasteiger partial charge >= 0.3 is 0 Å². The summed E-state index contributed by atoms with van der Waals surface area (Å²) in [5.74, 6) is 0.116. The van der Waals surface area contributed by atoms with Crippen molar-refractivity contribution in [2.24, 2.45) is 0 Å². The van der Waals surface area contributed by atoms with Crippen molar-refractivity contribution in [3.63, 3.8) is 0 Å². The maximum atomic E-state index is 13.2. The summed E-state index contributed by atoms with van der Waals surface area (Å²) in [6.07, 6.45) is 15.8. The van der Waals surface area contributed by atoms with Crippen LogP contribution < -0.4 is 57.1 Å². The van der Waals surface area contributed by atoms with Gasteiger partial charge in [-0.25, -0.2) is 9.13 Å². The maximum absolute atomic E-state index is 13.2. The molecular weight excluding hydrogens is 666 g/mol. The summed E-state index contributed by atoms with van der Waals surface area (Å²) in [6, 6.07) is 7.71. The smallest absolute Gasteiger partial charge is 0.259 e. The summed E-state index contributed by atoms with van der Waals surface area (Å²) >= 11 is 0. The molecule has 194 valence electrons. The molecule has 1 fully saturated rings. The van der Waals surface area contributed by atoms with Crippen LogP contribution in [0.4, 0.5) is 0 Å². The van der Waals surface area contributed by atoms with Crippen LogP contribution in [0.5, 0.6) is 0 Å². The normalized spacial score (nSPS) is 13.4. The number of aryl methyl sites for hydroxylation is 2. The quantitative estimate of drug-likeness (QED) is 0.158. The largest absolute Gasteiger partial charge is 1.00 e. The summed E-state index contributed by atoms with van der Waals surface area (Å²) in [6.45, 7) is 8.76. The third kappa shape index (κ3) is 9.93. The standard InChI is InChI=1S/C27H40N4O2.2HI/c1-3-5-7-14-28-16-9-12-24(22-28)26(32)30-18-11-19-31(21-20-30)27(33)25-13-10-17-29(23-25)15-8-6-4-2;;/h9-10,12-13,16-17,22-23H,3-8,11,14-15,18-21H2,1-2H3;2*1H/q+2;;/p-2. The molecule has 0 unspecified atom stereocenters. The number of unbranched alkanes of at least 4 members (excludes halogenated alkanes) is 4. The fraction of sp³-hybridized carbons (Fsp3) is 0.556. The first-order valence-electron chi connectivity index (χ1n) is 12.7. The predicted molar refractivity (Wildman–Crippen MR) is 129 cm³/mol.